The first-order valence-electron chi connectivity index (χ1n) is 2.97. The summed E-state index contributed by atoms with van der Waals surface area (Å²) in [6.45, 7) is 1.64. The largest absolute Gasteiger partial charge is 0.281 e. The monoisotopic (exact) mass is 216 g/mol. The summed E-state index contributed by atoms with van der Waals surface area (Å²) in [6.07, 6.45) is 0.0637. The van der Waals surface area contributed by atoms with Gasteiger partial charge in [-0.15, -0.1) is 11.6 Å². The zero-order chi connectivity index (χ0) is 9.02. The van der Waals surface area contributed by atoms with Gasteiger partial charge in [0.2, 0.25) is 10.5 Å². The fourth-order valence-corrected chi connectivity index (χ4v) is 1.13. The van der Waals surface area contributed by atoms with E-state index in [2.05, 4.69) is 0 Å². The second-order valence-corrected chi connectivity index (χ2v) is 3.51. The highest BCUT2D eigenvalue weighted by Gasteiger charge is 2.22. The number of alkyl halides is 1. The quantitative estimate of drug-likeness (QED) is 0.534. The van der Waals surface area contributed by atoms with Crippen molar-refractivity contribution in [3.05, 3.63) is 0 Å². The molecule has 5 heteroatoms. The van der Waals surface area contributed by atoms with E-state index >= 15 is 0 Å². The van der Waals surface area contributed by atoms with Crippen LogP contribution in [0.5, 0.6) is 0 Å². The number of carbonyl (C=O) groups excluding carboxylic acids is 2. The summed E-state index contributed by atoms with van der Waals surface area (Å²) in [6, 6.07) is 0. The van der Waals surface area contributed by atoms with Gasteiger partial charge in [-0.3, -0.25) is 9.59 Å². The van der Waals surface area contributed by atoms with E-state index in [0.717, 1.165) is 0 Å². The van der Waals surface area contributed by atoms with Crippen molar-refractivity contribution in [2.24, 2.45) is 5.92 Å². The zero-order valence-corrected chi connectivity index (χ0v) is 8.08. The first kappa shape index (κ1) is 11.2. The van der Waals surface area contributed by atoms with Crippen LogP contribution in [0.2, 0.25) is 0 Å². The molecule has 0 rings (SSSR count). The molecular weight excluding hydrogens is 210 g/mol. The molecule has 11 heavy (non-hydrogen) atoms. The molecule has 0 saturated carbocycles. The van der Waals surface area contributed by atoms with Crippen molar-refractivity contribution in [3.63, 3.8) is 0 Å². The Morgan fingerprint density at radius 3 is 2.09 bits per heavy atom. The highest BCUT2D eigenvalue weighted by molar-refractivity contribution is 6.69. The lowest BCUT2D eigenvalue weighted by Gasteiger charge is -2.10. The molecule has 2 atom stereocenters. The summed E-state index contributed by atoms with van der Waals surface area (Å²) in [4.78, 5) is 20.8. The molecule has 0 N–H and O–H groups in total. The average Bonchev–Trinajstić information content (AvgIpc) is 1.84. The minimum Gasteiger partial charge on any atom is -0.281 e. The summed E-state index contributed by atoms with van der Waals surface area (Å²) in [5.41, 5.74) is 0. The molecule has 0 heterocycles. The van der Waals surface area contributed by atoms with Gasteiger partial charge in [0, 0.05) is 6.42 Å². The van der Waals surface area contributed by atoms with Crippen LogP contribution in [0.1, 0.15) is 13.3 Å². The molecule has 0 radical (unpaired) electrons. The SMILES string of the molecule is CC(CC(=O)Cl)C(Cl)C(=O)Cl. The van der Waals surface area contributed by atoms with Crippen molar-refractivity contribution in [2.45, 2.75) is 18.7 Å². The minimum absolute atomic E-state index is 0.0637. The number of hydrogen-bond acceptors (Lipinski definition) is 2. The van der Waals surface area contributed by atoms with Gasteiger partial charge in [0.05, 0.1) is 0 Å². The van der Waals surface area contributed by atoms with Crippen LogP contribution in [0.4, 0.5) is 0 Å². The molecule has 2 unspecified atom stereocenters. The number of rotatable bonds is 4. The molecule has 0 aliphatic heterocycles. The van der Waals surface area contributed by atoms with E-state index < -0.39 is 15.9 Å². The molecule has 0 saturated heterocycles. The van der Waals surface area contributed by atoms with E-state index in [9.17, 15) is 9.59 Å². The molecule has 0 aliphatic carbocycles. The van der Waals surface area contributed by atoms with E-state index in [1.165, 1.54) is 0 Å². The van der Waals surface area contributed by atoms with Gasteiger partial charge < -0.3 is 0 Å². The van der Waals surface area contributed by atoms with Crippen LogP contribution < -0.4 is 0 Å². The third-order valence-electron chi connectivity index (χ3n) is 1.20. The summed E-state index contributed by atoms with van der Waals surface area (Å²) in [7, 11) is 0. The van der Waals surface area contributed by atoms with Crippen LogP contribution in [0.15, 0.2) is 0 Å². The predicted molar refractivity (Wildman–Crippen MR) is 45.1 cm³/mol. The van der Waals surface area contributed by atoms with Gasteiger partial charge in [-0.2, -0.15) is 0 Å². The fraction of sp³-hybridized carbons (Fsp3) is 0.667. The molecule has 0 aromatic carbocycles. The molecule has 0 aromatic rings. The predicted octanol–water partition coefficient (Wildman–Crippen LogP) is 2.15. The van der Waals surface area contributed by atoms with E-state index in [-0.39, 0.29) is 12.3 Å². The smallest absolute Gasteiger partial charge is 0.239 e. The van der Waals surface area contributed by atoms with Crippen LogP contribution in [-0.2, 0) is 9.59 Å². The van der Waals surface area contributed by atoms with Gasteiger partial charge in [0.25, 0.3) is 0 Å². The number of halogens is 3. The summed E-state index contributed by atoms with van der Waals surface area (Å²) in [5, 5.41) is -2.00. The first-order valence-corrected chi connectivity index (χ1v) is 4.16. The summed E-state index contributed by atoms with van der Waals surface area (Å²) in [5.74, 6) is -0.313. The van der Waals surface area contributed by atoms with E-state index in [4.69, 9.17) is 34.8 Å². The second-order valence-electron chi connectivity index (χ2n) is 2.24. The van der Waals surface area contributed by atoms with Crippen molar-refractivity contribution < 1.29 is 9.59 Å². The molecular formula is C6H7Cl3O2. The maximum Gasteiger partial charge on any atom is 0.239 e. The van der Waals surface area contributed by atoms with Crippen molar-refractivity contribution in [2.75, 3.05) is 0 Å². The Bertz CT molecular complexity index is 169. The highest BCUT2D eigenvalue weighted by atomic mass is 35.5. The van der Waals surface area contributed by atoms with Crippen molar-refractivity contribution in [3.8, 4) is 0 Å². The van der Waals surface area contributed by atoms with Gasteiger partial charge >= 0.3 is 0 Å². The Morgan fingerprint density at radius 1 is 1.36 bits per heavy atom. The molecule has 0 fully saturated rings. The maximum atomic E-state index is 10.4. The Morgan fingerprint density at radius 2 is 1.82 bits per heavy atom. The maximum absolute atomic E-state index is 10.4. The Balaban J connectivity index is 3.92. The third kappa shape index (κ3) is 4.62. The van der Waals surface area contributed by atoms with Gasteiger partial charge in [0.15, 0.2) is 0 Å². The van der Waals surface area contributed by atoms with Gasteiger partial charge in [-0.05, 0) is 29.1 Å². The Hall–Kier alpha value is 0.210. The Kier molecular flexibility index (Phi) is 5.06. The van der Waals surface area contributed by atoms with Crippen molar-refractivity contribution in [1.29, 1.82) is 0 Å². The fourth-order valence-electron chi connectivity index (χ4n) is 0.580. The van der Waals surface area contributed by atoms with Crippen molar-refractivity contribution >= 4 is 45.3 Å². The molecule has 0 aliphatic rings. The standard InChI is InChI=1S/C6H7Cl3O2/c1-3(2-4(7)10)5(8)6(9)11/h3,5H,2H2,1H3. The van der Waals surface area contributed by atoms with E-state index in [1.54, 1.807) is 6.92 Å². The minimum atomic E-state index is -0.834. The normalized spacial score (nSPS) is 15.6. The zero-order valence-electron chi connectivity index (χ0n) is 5.81. The van der Waals surface area contributed by atoms with E-state index in [0.29, 0.717) is 0 Å². The average molecular weight is 217 g/mol. The van der Waals surface area contributed by atoms with Gasteiger partial charge in [0.1, 0.15) is 5.38 Å². The van der Waals surface area contributed by atoms with Gasteiger partial charge in [-0.1, -0.05) is 6.92 Å². The van der Waals surface area contributed by atoms with Crippen LogP contribution >= 0.6 is 34.8 Å². The first-order chi connectivity index (χ1) is 4.95. The number of carbonyl (C=O) groups is 2. The lowest BCUT2D eigenvalue weighted by Crippen LogP contribution is -2.19. The molecule has 0 spiro atoms. The van der Waals surface area contributed by atoms with E-state index in [1.807, 2.05) is 0 Å². The molecule has 0 bridgehead atoms. The van der Waals surface area contributed by atoms with Crippen LogP contribution in [0.25, 0.3) is 0 Å². The molecule has 64 valence electrons. The second kappa shape index (κ2) is 4.96. The molecule has 0 amide bonds. The topological polar surface area (TPSA) is 34.1 Å². The van der Waals surface area contributed by atoms with Crippen molar-refractivity contribution in [1.82, 2.24) is 0 Å². The highest BCUT2D eigenvalue weighted by Crippen LogP contribution is 2.17. The molecule has 2 nitrogen and oxygen atoms in total. The summed E-state index contributed by atoms with van der Waals surface area (Å²) < 4.78 is 0. The molecule has 0 aromatic heterocycles. The van der Waals surface area contributed by atoms with Crippen LogP contribution in [0.3, 0.4) is 0 Å². The summed E-state index contributed by atoms with van der Waals surface area (Å²) >= 11 is 15.7. The van der Waals surface area contributed by atoms with Crippen LogP contribution in [0, 0.1) is 5.92 Å². The lowest BCUT2D eigenvalue weighted by molar-refractivity contribution is -0.113. The lowest BCUT2D eigenvalue weighted by atomic mass is 10.1. The third-order valence-corrected chi connectivity index (χ3v) is 2.33. The van der Waals surface area contributed by atoms with Crippen LogP contribution in [-0.4, -0.2) is 15.9 Å². The number of hydrogen-bond donors (Lipinski definition) is 0. The Labute approximate surface area is 79.8 Å². The van der Waals surface area contributed by atoms with Gasteiger partial charge in [-0.25, -0.2) is 0 Å².